The maximum atomic E-state index is 13.2. The Morgan fingerprint density at radius 1 is 1.06 bits per heavy atom. The number of imide groups is 1. The molecule has 0 radical (unpaired) electrons. The molecule has 1 aliphatic carbocycles. The van der Waals surface area contributed by atoms with Gasteiger partial charge < -0.3 is 10.6 Å². The summed E-state index contributed by atoms with van der Waals surface area (Å²) in [5.74, 6) is -1.03. The van der Waals surface area contributed by atoms with Gasteiger partial charge in [0.1, 0.15) is 12.1 Å². The fourth-order valence-corrected chi connectivity index (χ4v) is 6.45. The highest BCUT2D eigenvalue weighted by atomic mass is 32.2. The van der Waals surface area contributed by atoms with E-state index < -0.39 is 40.0 Å². The van der Waals surface area contributed by atoms with Crippen molar-refractivity contribution in [1.29, 1.82) is 0 Å². The molecule has 0 saturated carbocycles. The maximum absolute atomic E-state index is 13.2. The number of carbonyl (C=O) groups is 3. The van der Waals surface area contributed by atoms with Crippen molar-refractivity contribution in [3.8, 4) is 0 Å². The first-order valence-corrected chi connectivity index (χ1v) is 12.4. The summed E-state index contributed by atoms with van der Waals surface area (Å²) in [4.78, 5) is 39.5. The summed E-state index contributed by atoms with van der Waals surface area (Å²) in [5.41, 5.74) is 0.935. The molecule has 5 rings (SSSR count). The van der Waals surface area contributed by atoms with Crippen LogP contribution in [0.5, 0.6) is 0 Å². The number of fused-ring (bicyclic) bond motifs is 2. The molecule has 3 aliphatic rings. The molecule has 2 saturated heterocycles. The number of anilines is 1. The molecule has 2 aromatic carbocycles. The Bertz CT molecular complexity index is 1260. The van der Waals surface area contributed by atoms with Gasteiger partial charge in [0.2, 0.25) is 15.9 Å². The van der Waals surface area contributed by atoms with Crippen LogP contribution in [0.25, 0.3) is 0 Å². The van der Waals surface area contributed by atoms with Crippen molar-refractivity contribution in [2.75, 3.05) is 25.0 Å². The molecule has 2 aliphatic heterocycles. The molecule has 0 bridgehead atoms. The van der Waals surface area contributed by atoms with Gasteiger partial charge >= 0.3 is 6.03 Å². The third kappa shape index (κ3) is 3.59. The number of aryl methyl sites for hydroxylation is 1. The number of hydrogen-bond donors (Lipinski definition) is 2. The van der Waals surface area contributed by atoms with Gasteiger partial charge in [-0.05, 0) is 55.0 Å². The van der Waals surface area contributed by atoms with E-state index in [0.717, 1.165) is 28.9 Å². The predicted octanol–water partition coefficient (Wildman–Crippen LogP) is 1.80. The second kappa shape index (κ2) is 7.96. The van der Waals surface area contributed by atoms with Crippen LogP contribution < -0.4 is 10.6 Å². The second-order valence-electron chi connectivity index (χ2n) is 8.57. The van der Waals surface area contributed by atoms with Gasteiger partial charge in [0, 0.05) is 18.8 Å². The molecular formula is C23H24N4O5S. The molecule has 10 heteroatoms. The molecule has 1 spiro atoms. The van der Waals surface area contributed by atoms with Crippen LogP contribution in [0.4, 0.5) is 10.5 Å². The zero-order valence-corrected chi connectivity index (χ0v) is 18.7. The van der Waals surface area contributed by atoms with Gasteiger partial charge in [0.25, 0.3) is 5.91 Å². The fourth-order valence-electron chi connectivity index (χ4n) is 4.89. The molecule has 0 aromatic heterocycles. The first-order valence-electron chi connectivity index (χ1n) is 10.9. The molecule has 2 aromatic rings. The SMILES string of the molecule is O=C(CN1C(=O)NC2(CCc3ccccc32)C1=O)Nc1cccc(S(=O)(=O)N2CCCC2)c1. The van der Waals surface area contributed by atoms with Crippen molar-refractivity contribution >= 4 is 33.6 Å². The van der Waals surface area contributed by atoms with Crippen molar-refractivity contribution in [1.82, 2.24) is 14.5 Å². The molecule has 2 heterocycles. The Balaban J connectivity index is 1.30. The van der Waals surface area contributed by atoms with Crippen LogP contribution in [0.2, 0.25) is 0 Å². The van der Waals surface area contributed by atoms with Gasteiger partial charge in [0.05, 0.1) is 4.90 Å². The number of urea groups is 1. The number of nitrogens with one attached hydrogen (secondary N) is 2. The topological polar surface area (TPSA) is 116 Å². The van der Waals surface area contributed by atoms with Crippen LogP contribution in [0.3, 0.4) is 0 Å². The molecule has 33 heavy (non-hydrogen) atoms. The van der Waals surface area contributed by atoms with Gasteiger partial charge in [-0.25, -0.2) is 13.2 Å². The highest BCUT2D eigenvalue weighted by molar-refractivity contribution is 7.89. The molecule has 9 nitrogen and oxygen atoms in total. The first kappa shape index (κ1) is 21.6. The van der Waals surface area contributed by atoms with Crippen LogP contribution in [0, 0.1) is 0 Å². The van der Waals surface area contributed by atoms with Crippen molar-refractivity contribution < 1.29 is 22.8 Å². The molecule has 4 amide bonds. The number of hydrogen-bond acceptors (Lipinski definition) is 5. The monoisotopic (exact) mass is 468 g/mol. The Morgan fingerprint density at radius 2 is 1.82 bits per heavy atom. The molecule has 172 valence electrons. The normalized spacial score (nSPS) is 22.6. The van der Waals surface area contributed by atoms with Gasteiger partial charge in [-0.15, -0.1) is 0 Å². The fraction of sp³-hybridized carbons (Fsp3) is 0.348. The zero-order chi connectivity index (χ0) is 23.2. The lowest BCUT2D eigenvalue weighted by Gasteiger charge is -2.22. The van der Waals surface area contributed by atoms with Gasteiger partial charge in [-0.3, -0.25) is 14.5 Å². The van der Waals surface area contributed by atoms with Gasteiger partial charge in [-0.2, -0.15) is 4.31 Å². The molecule has 1 atom stereocenters. The summed E-state index contributed by atoms with van der Waals surface area (Å²) in [6.45, 7) is 0.504. The summed E-state index contributed by atoms with van der Waals surface area (Å²) in [7, 11) is -3.63. The molecule has 1 unspecified atom stereocenters. The minimum atomic E-state index is -3.63. The summed E-state index contributed by atoms with van der Waals surface area (Å²) in [6.07, 6.45) is 2.77. The van der Waals surface area contributed by atoms with Gasteiger partial charge in [0.15, 0.2) is 0 Å². The molecular weight excluding hydrogens is 444 g/mol. The zero-order valence-electron chi connectivity index (χ0n) is 17.9. The predicted molar refractivity (Wildman–Crippen MR) is 120 cm³/mol. The van der Waals surface area contributed by atoms with E-state index >= 15 is 0 Å². The van der Waals surface area contributed by atoms with E-state index in [-0.39, 0.29) is 10.6 Å². The Labute approximate surface area is 191 Å². The average Bonchev–Trinajstić information content (AvgIpc) is 3.52. The number of amides is 4. The van der Waals surface area contributed by atoms with Gasteiger partial charge in [-0.1, -0.05) is 30.3 Å². The lowest BCUT2D eigenvalue weighted by atomic mass is 9.92. The molecule has 2 N–H and O–H groups in total. The number of rotatable bonds is 5. The standard InChI is InChI=1S/C23H24N4O5S/c28-20(24-17-7-5-8-18(14-17)33(31,32)26-12-3-4-13-26)15-27-21(29)23(25-22(27)30)11-10-16-6-1-2-9-19(16)23/h1-2,5-9,14H,3-4,10-13,15H2,(H,24,28)(H,25,30). The quantitative estimate of drug-likeness (QED) is 0.650. The van der Waals surface area contributed by atoms with E-state index in [4.69, 9.17) is 0 Å². The van der Waals surface area contributed by atoms with Crippen LogP contribution >= 0.6 is 0 Å². The van der Waals surface area contributed by atoms with Crippen LogP contribution in [0.15, 0.2) is 53.4 Å². The average molecular weight is 469 g/mol. The highest BCUT2D eigenvalue weighted by Crippen LogP contribution is 2.41. The van der Waals surface area contributed by atoms with E-state index in [2.05, 4.69) is 10.6 Å². The third-order valence-corrected chi connectivity index (χ3v) is 8.44. The number of sulfonamides is 1. The summed E-state index contributed by atoms with van der Waals surface area (Å²) >= 11 is 0. The van der Waals surface area contributed by atoms with E-state index in [0.29, 0.717) is 25.9 Å². The van der Waals surface area contributed by atoms with Crippen LogP contribution in [-0.4, -0.2) is 55.1 Å². The Hall–Kier alpha value is -3.24. The Morgan fingerprint density at radius 3 is 2.61 bits per heavy atom. The Kier molecular flexibility index (Phi) is 5.21. The number of carbonyl (C=O) groups excluding carboxylic acids is 3. The minimum Gasteiger partial charge on any atom is -0.324 e. The third-order valence-electron chi connectivity index (χ3n) is 6.54. The van der Waals surface area contributed by atoms with E-state index in [1.165, 1.54) is 16.4 Å². The maximum Gasteiger partial charge on any atom is 0.325 e. The lowest BCUT2D eigenvalue weighted by Crippen LogP contribution is -2.43. The number of nitrogens with zero attached hydrogens (tertiary/aromatic N) is 2. The lowest BCUT2D eigenvalue weighted by molar-refractivity contribution is -0.134. The van der Waals surface area contributed by atoms with E-state index in [9.17, 15) is 22.8 Å². The highest BCUT2D eigenvalue weighted by Gasteiger charge is 2.55. The summed E-state index contributed by atoms with van der Waals surface area (Å²) in [5, 5.41) is 5.40. The second-order valence-corrected chi connectivity index (χ2v) is 10.5. The summed E-state index contributed by atoms with van der Waals surface area (Å²) in [6, 6.07) is 12.9. The van der Waals surface area contributed by atoms with Crippen molar-refractivity contribution in [2.45, 2.75) is 36.1 Å². The van der Waals surface area contributed by atoms with E-state index in [1.807, 2.05) is 24.3 Å². The van der Waals surface area contributed by atoms with Crippen molar-refractivity contribution in [3.05, 3.63) is 59.7 Å². The van der Waals surface area contributed by atoms with Crippen molar-refractivity contribution in [2.24, 2.45) is 0 Å². The minimum absolute atomic E-state index is 0.0960. The van der Waals surface area contributed by atoms with Crippen LogP contribution in [-0.2, 0) is 31.6 Å². The van der Waals surface area contributed by atoms with E-state index in [1.54, 1.807) is 12.1 Å². The molecule has 2 fully saturated rings. The first-order chi connectivity index (χ1) is 15.8. The van der Waals surface area contributed by atoms with Crippen LogP contribution in [0.1, 0.15) is 30.4 Å². The summed E-state index contributed by atoms with van der Waals surface area (Å²) < 4.78 is 27.0. The smallest absolute Gasteiger partial charge is 0.324 e. The largest absolute Gasteiger partial charge is 0.325 e. The number of benzene rings is 2. The van der Waals surface area contributed by atoms with Crippen molar-refractivity contribution in [3.63, 3.8) is 0 Å².